The van der Waals surface area contributed by atoms with E-state index < -0.39 is 0 Å². The first-order valence-corrected chi connectivity index (χ1v) is 12.9. The first kappa shape index (κ1) is 23.0. The van der Waals surface area contributed by atoms with Gasteiger partial charge in [0.1, 0.15) is 5.69 Å². The average molecular weight is 502 g/mol. The van der Waals surface area contributed by atoms with Gasteiger partial charge in [-0.05, 0) is 35.7 Å². The second-order valence-electron chi connectivity index (χ2n) is 8.43. The molecule has 1 aliphatic rings. The second-order valence-corrected chi connectivity index (χ2v) is 10.1. The number of fused-ring (bicyclic) bond motifs is 1. The minimum Gasteiger partial charge on any atom is -0.368 e. The lowest BCUT2D eigenvalue weighted by atomic mass is 10.0. The predicted molar refractivity (Wildman–Crippen MR) is 141 cm³/mol. The monoisotopic (exact) mass is 501 g/mol. The summed E-state index contributed by atoms with van der Waals surface area (Å²) in [6.45, 7) is 2.73. The van der Waals surface area contributed by atoms with Crippen molar-refractivity contribution in [3.63, 3.8) is 0 Å². The quantitative estimate of drug-likeness (QED) is 0.395. The SMILES string of the molecule is C#Cc1nc(C(=O)N2CCN(c3ccc(-c4cc(C(=O)N(C)C)cc5ncsc45)cc3)CC2)cs1. The van der Waals surface area contributed by atoms with Crippen LogP contribution in [0.15, 0.2) is 47.3 Å². The second kappa shape index (κ2) is 9.49. The molecule has 35 heavy (non-hydrogen) atoms. The van der Waals surface area contributed by atoms with Gasteiger partial charge in [-0.1, -0.05) is 12.1 Å². The number of carbonyl (C=O) groups is 2. The first-order chi connectivity index (χ1) is 16.9. The summed E-state index contributed by atoms with van der Waals surface area (Å²) >= 11 is 2.89. The molecule has 7 nitrogen and oxygen atoms in total. The number of anilines is 1. The third kappa shape index (κ3) is 4.50. The molecular formula is C26H23N5O2S2. The van der Waals surface area contributed by atoms with Crippen molar-refractivity contribution in [2.75, 3.05) is 45.2 Å². The van der Waals surface area contributed by atoms with Gasteiger partial charge in [-0.2, -0.15) is 0 Å². The van der Waals surface area contributed by atoms with Crippen LogP contribution in [0.2, 0.25) is 0 Å². The molecule has 0 bridgehead atoms. The van der Waals surface area contributed by atoms with Crippen molar-refractivity contribution in [3.8, 4) is 23.5 Å². The van der Waals surface area contributed by atoms with Crippen LogP contribution in [0.1, 0.15) is 25.9 Å². The molecule has 0 N–H and O–H groups in total. The number of amides is 2. The standard InChI is InChI=1S/C26H23N5O2S2/c1-4-23-28-22(15-34-23)26(33)31-11-9-30(10-12-31)19-7-5-17(6-8-19)20-13-18(25(32)29(2)3)14-21-24(20)35-16-27-21/h1,5-8,13-16H,9-12H2,2-3H3. The summed E-state index contributed by atoms with van der Waals surface area (Å²) in [5.41, 5.74) is 6.84. The van der Waals surface area contributed by atoms with Gasteiger partial charge in [0.05, 0.1) is 15.7 Å². The van der Waals surface area contributed by atoms with Gasteiger partial charge in [0.2, 0.25) is 0 Å². The Morgan fingerprint density at radius 1 is 1.06 bits per heavy atom. The van der Waals surface area contributed by atoms with Crippen LogP contribution in [0, 0.1) is 12.3 Å². The van der Waals surface area contributed by atoms with E-state index in [-0.39, 0.29) is 11.8 Å². The zero-order chi connectivity index (χ0) is 24.5. The van der Waals surface area contributed by atoms with Gasteiger partial charge >= 0.3 is 0 Å². The van der Waals surface area contributed by atoms with Crippen LogP contribution in [0.4, 0.5) is 5.69 Å². The molecule has 0 unspecified atom stereocenters. The molecule has 5 rings (SSSR count). The Kier molecular flexibility index (Phi) is 6.24. The molecule has 0 spiro atoms. The number of rotatable bonds is 4. The van der Waals surface area contributed by atoms with Crippen molar-refractivity contribution in [1.29, 1.82) is 0 Å². The third-order valence-corrected chi connectivity index (χ3v) is 7.69. The van der Waals surface area contributed by atoms with Crippen molar-refractivity contribution in [1.82, 2.24) is 19.8 Å². The molecule has 1 saturated heterocycles. The van der Waals surface area contributed by atoms with E-state index in [1.807, 2.05) is 22.5 Å². The van der Waals surface area contributed by atoms with Gasteiger partial charge in [0.15, 0.2) is 5.01 Å². The molecule has 0 radical (unpaired) electrons. The van der Waals surface area contributed by atoms with Crippen LogP contribution >= 0.6 is 22.7 Å². The minimum absolute atomic E-state index is 0.0432. The number of piperazine rings is 1. The van der Waals surface area contributed by atoms with Crippen molar-refractivity contribution < 1.29 is 9.59 Å². The fourth-order valence-electron chi connectivity index (χ4n) is 4.19. The zero-order valence-corrected chi connectivity index (χ0v) is 21.0. The highest BCUT2D eigenvalue weighted by atomic mass is 32.1. The third-order valence-electron chi connectivity index (χ3n) is 6.04. The summed E-state index contributed by atoms with van der Waals surface area (Å²) in [5, 5.41) is 2.25. The van der Waals surface area contributed by atoms with Crippen molar-refractivity contribution in [3.05, 3.63) is 63.6 Å². The number of terminal acetylenes is 1. The Balaban J connectivity index is 1.32. The largest absolute Gasteiger partial charge is 0.368 e. The molecule has 4 aromatic rings. The van der Waals surface area contributed by atoms with Gasteiger partial charge in [0, 0.05) is 62.5 Å². The van der Waals surface area contributed by atoms with E-state index >= 15 is 0 Å². The molecule has 1 fully saturated rings. The first-order valence-electron chi connectivity index (χ1n) is 11.1. The van der Waals surface area contributed by atoms with Crippen LogP contribution in [0.5, 0.6) is 0 Å². The zero-order valence-electron chi connectivity index (χ0n) is 19.4. The topological polar surface area (TPSA) is 69.6 Å². The van der Waals surface area contributed by atoms with E-state index in [4.69, 9.17) is 6.42 Å². The molecule has 1 aliphatic heterocycles. The van der Waals surface area contributed by atoms with E-state index in [0.29, 0.717) is 29.4 Å². The molecular weight excluding hydrogens is 478 g/mol. The van der Waals surface area contributed by atoms with E-state index in [9.17, 15) is 9.59 Å². The lowest BCUT2D eigenvalue weighted by molar-refractivity contribution is 0.0741. The van der Waals surface area contributed by atoms with Crippen molar-refractivity contribution >= 4 is 50.4 Å². The molecule has 3 heterocycles. The lowest BCUT2D eigenvalue weighted by Crippen LogP contribution is -2.48. The Morgan fingerprint density at radius 3 is 2.46 bits per heavy atom. The van der Waals surface area contributed by atoms with E-state index in [1.54, 1.807) is 35.7 Å². The maximum atomic E-state index is 12.7. The van der Waals surface area contributed by atoms with E-state index in [2.05, 4.69) is 45.1 Å². The molecule has 9 heteroatoms. The summed E-state index contributed by atoms with van der Waals surface area (Å²) in [6, 6.07) is 12.2. The van der Waals surface area contributed by atoms with Gasteiger partial charge in [0.25, 0.3) is 11.8 Å². The van der Waals surface area contributed by atoms with Gasteiger partial charge < -0.3 is 14.7 Å². The molecule has 0 atom stereocenters. The van der Waals surface area contributed by atoms with Crippen LogP contribution in [0.3, 0.4) is 0 Å². The Bertz CT molecular complexity index is 1440. The van der Waals surface area contributed by atoms with Crippen LogP contribution < -0.4 is 4.90 Å². The molecule has 2 amide bonds. The maximum Gasteiger partial charge on any atom is 0.273 e. The summed E-state index contributed by atoms with van der Waals surface area (Å²) in [6.07, 6.45) is 5.37. The number of thiazole rings is 2. The normalized spacial score (nSPS) is 13.6. The highest BCUT2D eigenvalue weighted by Crippen LogP contribution is 2.34. The molecule has 2 aromatic heterocycles. The number of aromatic nitrogens is 2. The fourth-order valence-corrected chi connectivity index (χ4v) is 5.59. The summed E-state index contributed by atoms with van der Waals surface area (Å²) in [5.74, 6) is 2.36. The summed E-state index contributed by atoms with van der Waals surface area (Å²) in [4.78, 5) is 39.7. The molecule has 2 aromatic carbocycles. The Hall–Kier alpha value is -3.74. The van der Waals surface area contributed by atoms with Crippen LogP contribution in [-0.2, 0) is 0 Å². The number of carbonyl (C=O) groups excluding carboxylic acids is 2. The number of nitrogens with zero attached hydrogens (tertiary/aromatic N) is 5. The van der Waals surface area contributed by atoms with Crippen molar-refractivity contribution in [2.24, 2.45) is 0 Å². The fraction of sp³-hybridized carbons (Fsp3) is 0.231. The smallest absolute Gasteiger partial charge is 0.273 e. The van der Waals surface area contributed by atoms with Gasteiger partial charge in [-0.3, -0.25) is 9.59 Å². The number of hydrogen-bond donors (Lipinski definition) is 0. The van der Waals surface area contributed by atoms with Gasteiger partial charge in [-0.25, -0.2) is 9.97 Å². The average Bonchev–Trinajstić information content (AvgIpc) is 3.57. The molecule has 0 saturated carbocycles. The summed E-state index contributed by atoms with van der Waals surface area (Å²) < 4.78 is 1.07. The molecule has 0 aliphatic carbocycles. The number of hydrogen-bond acceptors (Lipinski definition) is 7. The highest BCUT2D eigenvalue weighted by Gasteiger charge is 2.24. The summed E-state index contributed by atoms with van der Waals surface area (Å²) in [7, 11) is 3.50. The minimum atomic E-state index is -0.0709. The van der Waals surface area contributed by atoms with Crippen LogP contribution in [0.25, 0.3) is 21.3 Å². The highest BCUT2D eigenvalue weighted by molar-refractivity contribution is 7.17. The number of benzene rings is 2. The molecule has 176 valence electrons. The lowest BCUT2D eigenvalue weighted by Gasteiger charge is -2.36. The Morgan fingerprint density at radius 2 is 1.80 bits per heavy atom. The van der Waals surface area contributed by atoms with Crippen LogP contribution in [-0.4, -0.2) is 71.9 Å². The van der Waals surface area contributed by atoms with E-state index in [0.717, 1.165) is 40.1 Å². The van der Waals surface area contributed by atoms with Gasteiger partial charge in [-0.15, -0.1) is 29.1 Å². The van der Waals surface area contributed by atoms with E-state index in [1.165, 1.54) is 11.3 Å². The Labute approximate surface area is 211 Å². The predicted octanol–water partition coefficient (Wildman–Crippen LogP) is 4.07. The maximum absolute atomic E-state index is 12.7. The van der Waals surface area contributed by atoms with Crippen molar-refractivity contribution in [2.45, 2.75) is 0 Å².